The van der Waals surface area contributed by atoms with Gasteiger partial charge in [0.1, 0.15) is 0 Å². The topological polar surface area (TPSA) is 46.6 Å². The average Bonchev–Trinajstić information content (AvgIpc) is 2.77. The number of carbonyl (C=O) groups excluding carboxylic acids is 2. The number of ether oxygens (including phenoxy) is 1. The van der Waals surface area contributed by atoms with Crippen LogP contribution in [0.3, 0.4) is 0 Å². The van der Waals surface area contributed by atoms with Gasteiger partial charge in [-0.1, -0.05) is 6.42 Å². The molecular weight excluding hydrogens is 206 g/mol. The Morgan fingerprint density at radius 2 is 1.94 bits per heavy atom. The lowest BCUT2D eigenvalue weighted by atomic mass is 10.1. The van der Waals surface area contributed by atoms with Crippen molar-refractivity contribution in [3.8, 4) is 0 Å². The van der Waals surface area contributed by atoms with Gasteiger partial charge in [0.15, 0.2) is 0 Å². The molecule has 2 unspecified atom stereocenters. The molecule has 1 amide bonds. The van der Waals surface area contributed by atoms with Crippen LogP contribution in [0.5, 0.6) is 0 Å². The molecule has 0 spiro atoms. The molecule has 4 nitrogen and oxygen atoms in total. The normalized spacial score (nSPS) is 30.8. The van der Waals surface area contributed by atoms with E-state index in [2.05, 4.69) is 4.74 Å². The summed E-state index contributed by atoms with van der Waals surface area (Å²) in [7, 11) is 3.15. The van der Waals surface area contributed by atoms with Crippen molar-refractivity contribution in [3.05, 3.63) is 0 Å². The first-order valence-corrected chi connectivity index (χ1v) is 5.97. The molecule has 2 saturated carbocycles. The van der Waals surface area contributed by atoms with Crippen LogP contribution in [0, 0.1) is 17.8 Å². The highest BCUT2D eigenvalue weighted by molar-refractivity contribution is 5.82. The summed E-state index contributed by atoms with van der Waals surface area (Å²) in [5.41, 5.74) is 0. The van der Waals surface area contributed by atoms with Gasteiger partial charge in [0, 0.05) is 19.5 Å². The summed E-state index contributed by atoms with van der Waals surface area (Å²) in [6.45, 7) is 0.474. The van der Waals surface area contributed by atoms with E-state index in [4.69, 9.17) is 0 Å². The zero-order chi connectivity index (χ0) is 11.7. The Morgan fingerprint density at radius 1 is 1.31 bits per heavy atom. The molecule has 0 saturated heterocycles. The fourth-order valence-corrected chi connectivity index (χ4v) is 2.91. The quantitative estimate of drug-likeness (QED) is 0.672. The second kappa shape index (κ2) is 4.44. The second-order valence-electron chi connectivity index (χ2n) is 4.87. The first-order valence-electron chi connectivity index (χ1n) is 5.97. The minimum absolute atomic E-state index is 0.221. The Bertz CT molecular complexity index is 293. The molecule has 16 heavy (non-hydrogen) atoms. The van der Waals surface area contributed by atoms with Crippen LogP contribution in [0.15, 0.2) is 0 Å². The van der Waals surface area contributed by atoms with Crippen molar-refractivity contribution in [1.82, 2.24) is 4.90 Å². The van der Waals surface area contributed by atoms with Gasteiger partial charge in [-0.2, -0.15) is 0 Å². The lowest BCUT2D eigenvalue weighted by molar-refractivity contribution is -0.141. The number of fused-ring (bicyclic) bond motifs is 1. The Morgan fingerprint density at radius 3 is 2.50 bits per heavy atom. The molecule has 0 heterocycles. The van der Waals surface area contributed by atoms with Crippen molar-refractivity contribution < 1.29 is 14.3 Å². The highest BCUT2D eigenvalue weighted by Crippen LogP contribution is 2.57. The minimum Gasteiger partial charge on any atom is -0.469 e. The van der Waals surface area contributed by atoms with Crippen LogP contribution < -0.4 is 0 Å². The van der Waals surface area contributed by atoms with Crippen LogP contribution in [-0.2, 0) is 14.3 Å². The highest BCUT2D eigenvalue weighted by atomic mass is 16.5. The summed E-state index contributed by atoms with van der Waals surface area (Å²) in [6.07, 6.45) is 4.00. The van der Waals surface area contributed by atoms with Crippen molar-refractivity contribution in [2.24, 2.45) is 17.8 Å². The van der Waals surface area contributed by atoms with Gasteiger partial charge in [-0.05, 0) is 24.7 Å². The smallest absolute Gasteiger partial charge is 0.307 e. The number of nitrogens with zero attached hydrogens (tertiary/aromatic N) is 1. The SMILES string of the molecule is COC(=O)CCN(C)C(=O)C1C2CCCC21. The molecule has 0 radical (unpaired) electrons. The van der Waals surface area contributed by atoms with Gasteiger partial charge in [-0.3, -0.25) is 9.59 Å². The molecular formula is C12H19NO3. The van der Waals surface area contributed by atoms with Crippen LogP contribution in [0.1, 0.15) is 25.7 Å². The fourth-order valence-electron chi connectivity index (χ4n) is 2.91. The van der Waals surface area contributed by atoms with E-state index in [-0.39, 0.29) is 17.8 Å². The van der Waals surface area contributed by atoms with E-state index in [0.29, 0.717) is 24.8 Å². The number of amides is 1. The molecule has 2 aliphatic carbocycles. The number of rotatable bonds is 4. The molecule has 2 aliphatic rings. The summed E-state index contributed by atoms with van der Waals surface area (Å²) in [5.74, 6) is 1.52. The van der Waals surface area contributed by atoms with Gasteiger partial charge in [0.05, 0.1) is 13.5 Å². The van der Waals surface area contributed by atoms with E-state index in [1.807, 2.05) is 0 Å². The van der Waals surface area contributed by atoms with Crippen molar-refractivity contribution in [2.45, 2.75) is 25.7 Å². The van der Waals surface area contributed by atoms with Crippen LogP contribution in [0.25, 0.3) is 0 Å². The van der Waals surface area contributed by atoms with E-state index in [0.717, 1.165) is 0 Å². The van der Waals surface area contributed by atoms with Crippen LogP contribution in [0.4, 0.5) is 0 Å². The Kier molecular flexibility index (Phi) is 3.17. The number of esters is 1. The average molecular weight is 225 g/mol. The van der Waals surface area contributed by atoms with Crippen molar-refractivity contribution in [2.75, 3.05) is 20.7 Å². The number of methoxy groups -OCH3 is 1. The predicted molar refractivity (Wildman–Crippen MR) is 58.6 cm³/mol. The molecule has 0 aromatic heterocycles. The minimum atomic E-state index is -0.254. The molecule has 2 fully saturated rings. The van der Waals surface area contributed by atoms with Crippen molar-refractivity contribution in [3.63, 3.8) is 0 Å². The summed E-state index contributed by atoms with van der Waals surface area (Å²) < 4.78 is 4.55. The summed E-state index contributed by atoms with van der Waals surface area (Å²) in [5, 5.41) is 0. The zero-order valence-corrected chi connectivity index (χ0v) is 9.94. The summed E-state index contributed by atoms with van der Waals surface area (Å²) in [6, 6.07) is 0. The molecule has 0 aliphatic heterocycles. The monoisotopic (exact) mass is 225 g/mol. The zero-order valence-electron chi connectivity index (χ0n) is 9.94. The van der Waals surface area contributed by atoms with Gasteiger partial charge in [-0.15, -0.1) is 0 Å². The van der Waals surface area contributed by atoms with E-state index in [1.54, 1.807) is 11.9 Å². The maximum absolute atomic E-state index is 12.0. The molecule has 0 N–H and O–H groups in total. The first kappa shape index (κ1) is 11.4. The van der Waals surface area contributed by atoms with E-state index in [1.165, 1.54) is 26.4 Å². The largest absolute Gasteiger partial charge is 0.469 e. The molecule has 90 valence electrons. The Labute approximate surface area is 95.9 Å². The first-order chi connectivity index (χ1) is 7.65. The molecule has 0 aromatic carbocycles. The van der Waals surface area contributed by atoms with E-state index >= 15 is 0 Å². The third-order valence-electron chi connectivity index (χ3n) is 3.95. The maximum atomic E-state index is 12.0. The molecule has 4 heteroatoms. The third-order valence-corrected chi connectivity index (χ3v) is 3.95. The van der Waals surface area contributed by atoms with Crippen LogP contribution >= 0.6 is 0 Å². The van der Waals surface area contributed by atoms with Gasteiger partial charge in [-0.25, -0.2) is 0 Å². The lowest BCUT2D eigenvalue weighted by Gasteiger charge is -2.17. The standard InChI is InChI=1S/C12H19NO3/c1-13(7-6-10(14)16-2)12(15)11-8-4-3-5-9(8)11/h8-9,11H,3-7H2,1-2H3. The van der Waals surface area contributed by atoms with Crippen LogP contribution in [0.2, 0.25) is 0 Å². The van der Waals surface area contributed by atoms with Gasteiger partial charge < -0.3 is 9.64 Å². The predicted octanol–water partition coefficient (Wildman–Crippen LogP) is 1.05. The molecule has 2 atom stereocenters. The maximum Gasteiger partial charge on any atom is 0.307 e. The Hall–Kier alpha value is -1.06. The molecule has 0 bridgehead atoms. The van der Waals surface area contributed by atoms with Gasteiger partial charge in [0.2, 0.25) is 5.91 Å². The second-order valence-corrected chi connectivity index (χ2v) is 4.87. The third kappa shape index (κ3) is 2.06. The fraction of sp³-hybridized carbons (Fsp3) is 0.833. The number of carbonyl (C=O) groups is 2. The number of hydrogen-bond donors (Lipinski definition) is 0. The van der Waals surface area contributed by atoms with E-state index in [9.17, 15) is 9.59 Å². The van der Waals surface area contributed by atoms with Crippen molar-refractivity contribution in [1.29, 1.82) is 0 Å². The van der Waals surface area contributed by atoms with Gasteiger partial charge in [0.25, 0.3) is 0 Å². The molecule has 0 aromatic rings. The van der Waals surface area contributed by atoms with Crippen molar-refractivity contribution >= 4 is 11.9 Å². The van der Waals surface area contributed by atoms with Crippen LogP contribution in [-0.4, -0.2) is 37.5 Å². The summed E-state index contributed by atoms with van der Waals surface area (Å²) >= 11 is 0. The Balaban J connectivity index is 1.75. The lowest BCUT2D eigenvalue weighted by Crippen LogP contribution is -2.31. The summed E-state index contributed by atoms with van der Waals surface area (Å²) in [4.78, 5) is 24.6. The highest BCUT2D eigenvalue weighted by Gasteiger charge is 2.57. The van der Waals surface area contributed by atoms with Gasteiger partial charge >= 0.3 is 5.97 Å². The molecule has 2 rings (SSSR count). The number of hydrogen-bond acceptors (Lipinski definition) is 3. The van der Waals surface area contributed by atoms with E-state index < -0.39 is 0 Å².